The molecule has 0 fully saturated rings. The Hall–Kier alpha value is -2.59. The molecule has 0 saturated carbocycles. The molecule has 0 radical (unpaired) electrons. The first-order valence-electron chi connectivity index (χ1n) is 11.6. The van der Waals surface area contributed by atoms with Crippen LogP contribution in [-0.4, -0.2) is 20.3 Å². The highest BCUT2D eigenvalue weighted by Gasteiger charge is 2.44. The number of anilines is 1. The summed E-state index contributed by atoms with van der Waals surface area (Å²) >= 11 is 0. The first-order chi connectivity index (χ1) is 16.1. The number of methoxy groups -OCH3 is 1. The number of hydrogen-bond acceptors (Lipinski definition) is 5. The maximum Gasteiger partial charge on any atom is 0.361 e. The van der Waals surface area contributed by atoms with E-state index in [2.05, 4.69) is 41.7 Å². The van der Waals surface area contributed by atoms with E-state index < -0.39 is 7.60 Å². The van der Waals surface area contributed by atoms with Crippen LogP contribution < -0.4 is 15.4 Å². The minimum atomic E-state index is -3.37. The monoisotopic (exact) mass is 463 g/mol. The van der Waals surface area contributed by atoms with Gasteiger partial charge in [-0.25, -0.2) is 0 Å². The van der Waals surface area contributed by atoms with E-state index >= 15 is 0 Å². The van der Waals surface area contributed by atoms with E-state index in [1.54, 1.807) is 7.11 Å². The number of nitrogens with one attached hydrogen (secondary N) is 1. The molecule has 2 aliphatic rings. The molecule has 3 atom stereocenters. The van der Waals surface area contributed by atoms with Crippen molar-refractivity contribution in [2.75, 3.05) is 25.6 Å². The molecule has 0 bridgehead atoms. The Morgan fingerprint density at radius 2 is 1.61 bits per heavy atom. The van der Waals surface area contributed by atoms with Gasteiger partial charge in [0.2, 0.25) is 0 Å². The highest BCUT2D eigenvalue weighted by Crippen LogP contribution is 2.56. The average Bonchev–Trinajstić information content (AvgIpc) is 3.23. The standard InChI is InChI=1S/C27H30NO4P/c1-4-31-33(29,32-5-2)19-14-15-24-22(17-19)26-20-11-7-6-10-18(20)16-23(26)27(28-24)21-12-8-9-13-25(21)30-3/h6-15,17,23,26-28H,4-5,16H2,1-3H3/t23-,26-,27-/m1/s1. The smallest absolute Gasteiger partial charge is 0.361 e. The summed E-state index contributed by atoms with van der Waals surface area (Å²) in [4.78, 5) is 0. The number of para-hydroxylation sites is 1. The van der Waals surface area contributed by atoms with E-state index in [1.807, 2.05) is 44.2 Å². The molecule has 0 saturated heterocycles. The number of hydrogen-bond donors (Lipinski definition) is 1. The van der Waals surface area contributed by atoms with Crippen LogP contribution in [0.15, 0.2) is 66.7 Å². The SMILES string of the molecule is CCOP(=O)(OCC)c1ccc2c(c1)[C@H]1c3ccccc3C[C@H]1[C@@H](c1ccccc1OC)N2. The molecule has 1 aliphatic heterocycles. The van der Waals surface area contributed by atoms with Gasteiger partial charge in [0.1, 0.15) is 5.75 Å². The van der Waals surface area contributed by atoms with Gasteiger partial charge >= 0.3 is 7.60 Å². The van der Waals surface area contributed by atoms with Crippen molar-refractivity contribution < 1.29 is 18.3 Å². The predicted molar refractivity (Wildman–Crippen MR) is 132 cm³/mol. The van der Waals surface area contributed by atoms with Crippen molar-refractivity contribution in [1.82, 2.24) is 0 Å². The van der Waals surface area contributed by atoms with Crippen molar-refractivity contribution in [2.24, 2.45) is 5.92 Å². The Morgan fingerprint density at radius 1 is 0.909 bits per heavy atom. The van der Waals surface area contributed by atoms with Crippen molar-refractivity contribution >= 4 is 18.6 Å². The van der Waals surface area contributed by atoms with Crippen LogP contribution >= 0.6 is 7.60 Å². The van der Waals surface area contributed by atoms with Gasteiger partial charge in [0.15, 0.2) is 0 Å². The molecular formula is C27H30NO4P. The summed E-state index contributed by atoms with van der Waals surface area (Å²) in [6.07, 6.45) is 0.967. The molecule has 33 heavy (non-hydrogen) atoms. The molecule has 1 heterocycles. The average molecular weight is 464 g/mol. The van der Waals surface area contributed by atoms with E-state index in [4.69, 9.17) is 13.8 Å². The summed E-state index contributed by atoms with van der Waals surface area (Å²) in [6, 6.07) is 22.9. The van der Waals surface area contributed by atoms with Gasteiger partial charge in [0, 0.05) is 17.2 Å². The zero-order valence-corrected chi connectivity index (χ0v) is 20.2. The van der Waals surface area contributed by atoms with Crippen LogP contribution in [0.1, 0.15) is 48.1 Å². The van der Waals surface area contributed by atoms with Crippen molar-refractivity contribution in [3.63, 3.8) is 0 Å². The van der Waals surface area contributed by atoms with Crippen LogP contribution in [0.3, 0.4) is 0 Å². The quantitative estimate of drug-likeness (QED) is 0.432. The van der Waals surface area contributed by atoms with Crippen LogP contribution in [0.25, 0.3) is 0 Å². The van der Waals surface area contributed by atoms with Gasteiger partial charge in [0.25, 0.3) is 0 Å². The lowest BCUT2D eigenvalue weighted by Crippen LogP contribution is -2.31. The summed E-state index contributed by atoms with van der Waals surface area (Å²) in [5, 5.41) is 4.40. The minimum absolute atomic E-state index is 0.0995. The zero-order chi connectivity index (χ0) is 23.0. The normalized spacial score (nSPS) is 21.0. The van der Waals surface area contributed by atoms with Gasteiger partial charge in [-0.1, -0.05) is 42.5 Å². The van der Waals surface area contributed by atoms with Crippen molar-refractivity contribution in [3.8, 4) is 5.75 Å². The van der Waals surface area contributed by atoms with Crippen LogP contribution in [0, 0.1) is 5.92 Å². The second-order valence-electron chi connectivity index (χ2n) is 8.51. The lowest BCUT2D eigenvalue weighted by atomic mass is 9.75. The van der Waals surface area contributed by atoms with Gasteiger partial charge in [-0.2, -0.15) is 0 Å². The molecule has 0 amide bonds. The number of rotatable bonds is 7. The Morgan fingerprint density at radius 3 is 2.33 bits per heavy atom. The second-order valence-corrected chi connectivity index (χ2v) is 10.5. The first kappa shape index (κ1) is 22.2. The van der Waals surface area contributed by atoms with E-state index in [9.17, 15) is 4.57 Å². The van der Waals surface area contributed by atoms with Crippen LogP contribution in [-0.2, 0) is 20.0 Å². The topological polar surface area (TPSA) is 56.8 Å². The maximum atomic E-state index is 13.5. The predicted octanol–water partition coefficient (Wildman–Crippen LogP) is 6.06. The lowest BCUT2D eigenvalue weighted by Gasteiger charge is -2.38. The van der Waals surface area contributed by atoms with Crippen LogP contribution in [0.4, 0.5) is 5.69 Å². The molecule has 6 heteroatoms. The zero-order valence-electron chi connectivity index (χ0n) is 19.3. The summed E-state index contributed by atoms with van der Waals surface area (Å²) in [5.41, 5.74) is 6.06. The fourth-order valence-electron chi connectivity index (χ4n) is 5.48. The number of ether oxygens (including phenoxy) is 1. The minimum Gasteiger partial charge on any atom is -0.496 e. The van der Waals surface area contributed by atoms with E-state index in [0.717, 1.165) is 29.0 Å². The highest BCUT2D eigenvalue weighted by molar-refractivity contribution is 7.62. The molecular weight excluding hydrogens is 433 g/mol. The molecule has 5 rings (SSSR count). The Balaban J connectivity index is 1.66. The third-order valence-corrected chi connectivity index (χ3v) is 8.88. The molecule has 3 aromatic rings. The molecule has 5 nitrogen and oxygen atoms in total. The molecule has 0 spiro atoms. The number of benzene rings is 3. The first-order valence-corrected chi connectivity index (χ1v) is 13.1. The lowest BCUT2D eigenvalue weighted by molar-refractivity contribution is 0.230. The Bertz CT molecular complexity index is 1200. The summed E-state index contributed by atoms with van der Waals surface area (Å²) in [7, 11) is -1.65. The largest absolute Gasteiger partial charge is 0.496 e. The highest BCUT2D eigenvalue weighted by atomic mass is 31.2. The van der Waals surface area contributed by atoms with Crippen molar-refractivity contribution in [1.29, 1.82) is 0 Å². The Labute approximate surface area is 195 Å². The van der Waals surface area contributed by atoms with E-state index in [1.165, 1.54) is 11.1 Å². The summed E-state index contributed by atoms with van der Waals surface area (Å²) < 4.78 is 30.5. The van der Waals surface area contributed by atoms with E-state index in [-0.39, 0.29) is 12.0 Å². The fourth-order valence-corrected chi connectivity index (χ4v) is 7.08. The second kappa shape index (κ2) is 8.98. The van der Waals surface area contributed by atoms with Gasteiger partial charge in [-0.05, 0) is 67.1 Å². The van der Waals surface area contributed by atoms with E-state index in [0.29, 0.717) is 24.4 Å². The molecule has 0 aromatic heterocycles. The van der Waals surface area contributed by atoms with Crippen LogP contribution in [0.5, 0.6) is 5.75 Å². The third kappa shape index (κ3) is 3.78. The molecule has 3 aromatic carbocycles. The maximum absolute atomic E-state index is 13.5. The number of fused-ring (bicyclic) bond motifs is 5. The molecule has 172 valence electrons. The van der Waals surface area contributed by atoms with Gasteiger partial charge in [-0.3, -0.25) is 4.57 Å². The van der Waals surface area contributed by atoms with Gasteiger partial charge in [0.05, 0.1) is 31.7 Å². The molecule has 0 unspecified atom stereocenters. The summed E-state index contributed by atoms with van der Waals surface area (Å²) in [6.45, 7) is 4.34. The van der Waals surface area contributed by atoms with Crippen molar-refractivity contribution in [3.05, 3.63) is 89.0 Å². The summed E-state index contributed by atoms with van der Waals surface area (Å²) in [5.74, 6) is 1.38. The van der Waals surface area contributed by atoms with Gasteiger partial charge in [-0.15, -0.1) is 0 Å². The molecule has 1 aliphatic carbocycles. The van der Waals surface area contributed by atoms with Crippen molar-refractivity contribution in [2.45, 2.75) is 32.2 Å². The van der Waals surface area contributed by atoms with Crippen LogP contribution in [0.2, 0.25) is 0 Å². The third-order valence-electron chi connectivity index (χ3n) is 6.77. The Kier molecular flexibility index (Phi) is 6.05. The fraction of sp³-hybridized carbons (Fsp3) is 0.333. The molecule has 1 N–H and O–H groups in total. The van der Waals surface area contributed by atoms with Gasteiger partial charge < -0.3 is 19.1 Å².